The Morgan fingerprint density at radius 2 is 1.23 bits per heavy atom. The summed E-state index contributed by atoms with van der Waals surface area (Å²) >= 11 is 0. The van der Waals surface area contributed by atoms with E-state index in [1.807, 2.05) is 19.1 Å². The summed E-state index contributed by atoms with van der Waals surface area (Å²) in [5.74, 6) is 0.827. The standard InChI is InChI=1S/C8H15NO.C8H17NO.C7H14O.C6H11NO2.C6H7NO.C6H12O.C5H12O.C4H10O2.C4H10O.CH4/c1-8-4-2-5-9(8)6-3-7-10;10-8-4-7-9-5-2-1-3-6-9;8-6-7-4-2-1-3-5-7;8-5-4-7-3-1-2-6(7)9;8-5-6-3-1-2-4-7-6;7-6-4-2-1-3-5-6;1-3-4-5(2)6;1-4(5)3-6-2;1-2-3-4-5;/h10H,1-7H2;10H,1-8H2;7-8H,1-6H2;8H,1-5H2;1-4,8H,5H2;6-7H,1-5H2;5-6H,3-4H2,1-2H3;4-5H,3H2,1-2H3;5H,2-4H2,1H3;1H4. The number of hydrogen-bond donors (Lipinski definition) is 9. The zero-order chi connectivity index (χ0) is 52.2. The minimum absolute atomic E-state index is 0. The minimum atomic E-state index is -0.324. The summed E-state index contributed by atoms with van der Waals surface area (Å²) in [4.78, 5) is 21.0. The van der Waals surface area contributed by atoms with E-state index in [4.69, 9.17) is 46.0 Å². The number of carbonyl (C=O) groups is 1. The molecule has 6 rings (SSSR count). The van der Waals surface area contributed by atoms with Crippen molar-refractivity contribution < 1.29 is 55.5 Å². The van der Waals surface area contributed by atoms with E-state index in [2.05, 4.69) is 39.9 Å². The molecule has 418 valence electrons. The summed E-state index contributed by atoms with van der Waals surface area (Å²) in [6.45, 7) is 20.5. The Hall–Kier alpha value is -2.28. The molecule has 1 aromatic rings. The van der Waals surface area contributed by atoms with Gasteiger partial charge < -0.3 is 65.4 Å². The van der Waals surface area contributed by atoms with Crippen LogP contribution < -0.4 is 0 Å². The van der Waals surface area contributed by atoms with Crippen LogP contribution in [0.25, 0.3) is 0 Å². The van der Waals surface area contributed by atoms with E-state index >= 15 is 0 Å². The van der Waals surface area contributed by atoms with Crippen LogP contribution in [0, 0.1) is 5.92 Å². The van der Waals surface area contributed by atoms with Crippen molar-refractivity contribution in [1.29, 1.82) is 0 Å². The second kappa shape index (κ2) is 57.6. The van der Waals surface area contributed by atoms with Crippen molar-refractivity contribution >= 4 is 5.91 Å². The van der Waals surface area contributed by atoms with Gasteiger partial charge in [0.05, 0.1) is 43.8 Å². The number of amides is 1. The lowest BCUT2D eigenvalue weighted by Gasteiger charge is -2.25. The van der Waals surface area contributed by atoms with Crippen molar-refractivity contribution in [1.82, 2.24) is 19.7 Å². The zero-order valence-corrected chi connectivity index (χ0v) is 44.6. The van der Waals surface area contributed by atoms with Crippen molar-refractivity contribution in [3.8, 4) is 0 Å². The van der Waals surface area contributed by atoms with Gasteiger partial charge in [-0.25, -0.2) is 0 Å². The number of aliphatic hydroxyl groups is 9. The molecule has 4 heterocycles. The number of methoxy groups -OCH3 is 1. The van der Waals surface area contributed by atoms with Crippen LogP contribution in [0.5, 0.6) is 0 Å². The van der Waals surface area contributed by atoms with Crippen LogP contribution in [0.3, 0.4) is 0 Å². The lowest BCUT2D eigenvalue weighted by atomic mass is 9.90. The molecule has 1 amide bonds. The molecule has 0 bridgehead atoms. The molecule has 3 saturated heterocycles. The van der Waals surface area contributed by atoms with Crippen molar-refractivity contribution in [2.75, 3.05) is 92.6 Å². The highest BCUT2D eigenvalue weighted by Crippen LogP contribution is 2.22. The number of pyridine rings is 1. The molecule has 70 heavy (non-hydrogen) atoms. The highest BCUT2D eigenvalue weighted by Gasteiger charge is 2.18. The number of aliphatic hydroxyl groups excluding tert-OH is 9. The number of β-amino-alcohol motifs (C(OH)–C–C–N with tert-alkyl or cyclic N) is 1. The molecular formula is C55H112N4O11. The van der Waals surface area contributed by atoms with Crippen molar-refractivity contribution in [2.24, 2.45) is 5.92 Å². The fraction of sp³-hybridized carbons (Fsp3) is 0.855. The Morgan fingerprint density at radius 3 is 1.54 bits per heavy atom. The third-order valence-corrected chi connectivity index (χ3v) is 11.6. The van der Waals surface area contributed by atoms with Gasteiger partial charge in [0, 0.05) is 84.6 Å². The van der Waals surface area contributed by atoms with Crippen LogP contribution in [-0.2, 0) is 16.1 Å². The average molecular weight is 1010 g/mol. The summed E-state index contributed by atoms with van der Waals surface area (Å²) in [6.07, 6.45) is 27.7. The monoisotopic (exact) mass is 1000 g/mol. The van der Waals surface area contributed by atoms with Gasteiger partial charge >= 0.3 is 0 Å². The molecule has 2 aliphatic carbocycles. The van der Waals surface area contributed by atoms with Gasteiger partial charge in [-0.2, -0.15) is 0 Å². The van der Waals surface area contributed by atoms with Crippen LogP contribution in [0.2, 0.25) is 0 Å². The van der Waals surface area contributed by atoms with E-state index < -0.39 is 0 Å². The number of hydrogen-bond acceptors (Lipinski definition) is 14. The maximum Gasteiger partial charge on any atom is 0.222 e. The highest BCUT2D eigenvalue weighted by molar-refractivity contribution is 5.78. The van der Waals surface area contributed by atoms with Crippen molar-refractivity contribution in [2.45, 2.75) is 208 Å². The van der Waals surface area contributed by atoms with Gasteiger partial charge in [-0.1, -0.05) is 91.7 Å². The van der Waals surface area contributed by atoms with Crippen molar-refractivity contribution in [3.05, 3.63) is 42.4 Å². The summed E-state index contributed by atoms with van der Waals surface area (Å²) in [5.41, 5.74) is 1.96. The Bertz CT molecular complexity index is 1160. The number of likely N-dealkylation sites (tertiary alicyclic amines) is 3. The fourth-order valence-corrected chi connectivity index (χ4v) is 7.62. The predicted octanol–water partition coefficient (Wildman–Crippen LogP) is 7.47. The van der Waals surface area contributed by atoms with E-state index in [0.717, 1.165) is 90.4 Å². The lowest BCUT2D eigenvalue weighted by molar-refractivity contribution is -0.128. The fourth-order valence-electron chi connectivity index (χ4n) is 7.62. The van der Waals surface area contributed by atoms with Crippen LogP contribution in [-0.4, -0.2) is 182 Å². The van der Waals surface area contributed by atoms with Crippen LogP contribution in [0.1, 0.15) is 188 Å². The molecule has 15 heteroatoms. The van der Waals surface area contributed by atoms with Gasteiger partial charge in [-0.3, -0.25) is 9.78 Å². The number of unbranched alkanes of at least 4 members (excludes halogenated alkanes) is 1. The molecule has 2 unspecified atom stereocenters. The van der Waals surface area contributed by atoms with E-state index in [0.29, 0.717) is 57.6 Å². The van der Waals surface area contributed by atoms with Gasteiger partial charge in [0.25, 0.3) is 0 Å². The quantitative estimate of drug-likeness (QED) is 0.0783. The molecule has 2 saturated carbocycles. The first-order chi connectivity index (χ1) is 33.3. The van der Waals surface area contributed by atoms with Gasteiger partial charge in [0.1, 0.15) is 0 Å². The first-order valence-corrected chi connectivity index (χ1v) is 26.8. The maximum absolute atomic E-state index is 10.8. The first kappa shape index (κ1) is 74.2. The molecule has 3 aliphatic heterocycles. The second-order valence-electron chi connectivity index (χ2n) is 18.4. The summed E-state index contributed by atoms with van der Waals surface area (Å²) in [5, 5.41) is 76.7. The number of piperidine rings is 1. The number of ether oxygens (including phenoxy) is 1. The number of aromatic nitrogens is 1. The molecular weight excluding hydrogens is 893 g/mol. The average Bonchev–Trinajstić information content (AvgIpc) is 3.98. The Kier molecular flexibility index (Phi) is 61.1. The number of carbonyl (C=O) groups excluding carboxylic acids is 1. The Balaban J connectivity index is -0.000000352. The molecule has 5 aliphatic rings. The van der Waals surface area contributed by atoms with E-state index in [1.54, 1.807) is 31.2 Å². The Morgan fingerprint density at radius 1 is 0.671 bits per heavy atom. The number of allylic oxidation sites excluding steroid dienone is 1. The maximum atomic E-state index is 10.8. The SMILES string of the molecule is C.C=C1CCCN1CCCO.CCCC(C)O.CCCCO.COCC(C)O.O=C1CCCN1CCO.OC1CCCCC1.OCC1CCCCC1.OCCCN1CCCCC1.OCc1ccccn1. The third kappa shape index (κ3) is 52.1. The van der Waals surface area contributed by atoms with Crippen LogP contribution >= 0.6 is 0 Å². The van der Waals surface area contributed by atoms with Crippen LogP contribution in [0.4, 0.5) is 0 Å². The number of rotatable bonds is 16. The number of nitrogens with zero attached hydrogens (tertiary/aromatic N) is 4. The summed E-state index contributed by atoms with van der Waals surface area (Å²) in [6, 6.07) is 5.44. The summed E-state index contributed by atoms with van der Waals surface area (Å²) < 4.78 is 4.55. The largest absolute Gasteiger partial charge is 0.396 e. The molecule has 0 radical (unpaired) electrons. The molecule has 15 nitrogen and oxygen atoms in total. The summed E-state index contributed by atoms with van der Waals surface area (Å²) in [7, 11) is 1.56. The first-order valence-electron chi connectivity index (χ1n) is 26.8. The molecule has 0 spiro atoms. The highest BCUT2D eigenvalue weighted by atomic mass is 16.5. The third-order valence-electron chi connectivity index (χ3n) is 11.6. The van der Waals surface area contributed by atoms with E-state index in [9.17, 15) is 4.79 Å². The van der Waals surface area contributed by atoms with E-state index in [1.165, 1.54) is 95.8 Å². The van der Waals surface area contributed by atoms with Gasteiger partial charge in [0.2, 0.25) is 5.91 Å². The minimum Gasteiger partial charge on any atom is -0.396 e. The van der Waals surface area contributed by atoms with E-state index in [-0.39, 0.29) is 44.9 Å². The molecule has 0 aromatic carbocycles. The van der Waals surface area contributed by atoms with Gasteiger partial charge in [-0.05, 0) is 128 Å². The Labute approximate surface area is 428 Å². The van der Waals surface area contributed by atoms with Crippen molar-refractivity contribution in [3.63, 3.8) is 0 Å². The van der Waals surface area contributed by atoms with Gasteiger partial charge in [0.15, 0.2) is 0 Å². The molecule has 5 fully saturated rings. The predicted molar refractivity (Wildman–Crippen MR) is 288 cm³/mol. The van der Waals surface area contributed by atoms with Crippen LogP contribution in [0.15, 0.2) is 36.7 Å². The molecule has 9 N–H and O–H groups in total. The van der Waals surface area contributed by atoms with Gasteiger partial charge in [-0.15, -0.1) is 0 Å². The molecule has 1 aromatic heterocycles. The topological polar surface area (TPSA) is 231 Å². The zero-order valence-electron chi connectivity index (χ0n) is 44.6. The normalized spacial score (nSPS) is 17.5. The smallest absolute Gasteiger partial charge is 0.222 e. The lowest BCUT2D eigenvalue weighted by Crippen LogP contribution is -2.30. The second-order valence-corrected chi connectivity index (χ2v) is 18.4. The molecule has 2 atom stereocenters.